The van der Waals surface area contributed by atoms with Gasteiger partial charge in [0.05, 0.1) is 0 Å². The fourth-order valence-corrected chi connectivity index (χ4v) is 2.19. The number of hydrogen-bond donors (Lipinski definition) is 1. The lowest BCUT2D eigenvalue weighted by Gasteiger charge is -2.16. The van der Waals surface area contributed by atoms with E-state index in [2.05, 4.69) is 10.3 Å². The van der Waals surface area contributed by atoms with Crippen LogP contribution in [0.1, 0.15) is 11.3 Å². The molecule has 0 amide bonds. The molecule has 19 heavy (non-hydrogen) atoms. The molecule has 102 valence electrons. The van der Waals surface area contributed by atoms with Crippen LogP contribution < -0.4 is 5.32 Å². The highest BCUT2D eigenvalue weighted by atomic mass is 35.5. The molecule has 7 heteroatoms. The van der Waals surface area contributed by atoms with Crippen molar-refractivity contribution >= 4 is 28.2 Å². The number of aromatic nitrogens is 1. The second kappa shape index (κ2) is 4.52. The molecule has 1 aromatic carbocycles. The molecule has 2 rings (SSSR count). The number of nitrogens with zero attached hydrogens (tertiary/aromatic N) is 1. The average Bonchev–Trinajstić information content (AvgIpc) is 2.26. The molecule has 1 heterocycles. The summed E-state index contributed by atoms with van der Waals surface area (Å²) >= 11 is 5.72. The first-order valence-corrected chi connectivity index (χ1v) is 5.67. The molecule has 0 radical (unpaired) electrons. The summed E-state index contributed by atoms with van der Waals surface area (Å²) in [5.74, 6) is -0.885. The van der Waals surface area contributed by atoms with E-state index in [0.717, 1.165) is 6.07 Å². The zero-order valence-electron chi connectivity index (χ0n) is 9.99. The molecule has 0 atom stereocenters. The maximum absolute atomic E-state index is 13.7. The third kappa shape index (κ3) is 2.32. The maximum Gasteiger partial charge on any atom is 0.433 e. The van der Waals surface area contributed by atoms with Crippen LogP contribution in [0, 0.1) is 12.7 Å². The Morgan fingerprint density at radius 2 is 1.89 bits per heavy atom. The molecular formula is C12H9ClF4N2. The molecule has 0 aliphatic heterocycles. The fourth-order valence-electron chi connectivity index (χ4n) is 1.98. The van der Waals surface area contributed by atoms with Crippen LogP contribution in [0.4, 0.5) is 23.2 Å². The van der Waals surface area contributed by atoms with Crippen molar-refractivity contribution in [2.75, 3.05) is 12.4 Å². The average molecular weight is 293 g/mol. The molecule has 0 bridgehead atoms. The minimum absolute atomic E-state index is 0.0934. The van der Waals surface area contributed by atoms with E-state index in [9.17, 15) is 17.6 Å². The van der Waals surface area contributed by atoms with E-state index in [-0.39, 0.29) is 27.2 Å². The zero-order chi connectivity index (χ0) is 14.4. The Labute approximate surface area is 111 Å². The van der Waals surface area contributed by atoms with Crippen molar-refractivity contribution in [2.45, 2.75) is 13.1 Å². The Morgan fingerprint density at radius 3 is 2.42 bits per heavy atom. The molecule has 0 saturated heterocycles. The SMILES string of the molecule is CNc1c(C)c(C(F)(F)F)nc2c(F)cc(Cl)cc12. The summed E-state index contributed by atoms with van der Waals surface area (Å²) < 4.78 is 52.3. The van der Waals surface area contributed by atoms with Gasteiger partial charge < -0.3 is 5.32 Å². The van der Waals surface area contributed by atoms with Crippen LogP contribution in [0.2, 0.25) is 5.02 Å². The van der Waals surface area contributed by atoms with Crippen LogP contribution in [-0.4, -0.2) is 12.0 Å². The highest BCUT2D eigenvalue weighted by Gasteiger charge is 2.36. The number of benzene rings is 1. The summed E-state index contributed by atoms with van der Waals surface area (Å²) in [6.45, 7) is 1.28. The number of nitrogens with one attached hydrogen (secondary N) is 1. The van der Waals surface area contributed by atoms with Crippen LogP contribution in [0.3, 0.4) is 0 Å². The third-order valence-corrected chi connectivity index (χ3v) is 2.99. The van der Waals surface area contributed by atoms with Crippen LogP contribution in [0.5, 0.6) is 0 Å². The summed E-state index contributed by atoms with van der Waals surface area (Å²) in [7, 11) is 1.46. The number of alkyl halides is 3. The number of halogens is 5. The quantitative estimate of drug-likeness (QED) is 0.788. The number of hydrogen-bond acceptors (Lipinski definition) is 2. The van der Waals surface area contributed by atoms with Crippen LogP contribution in [0.25, 0.3) is 10.9 Å². The van der Waals surface area contributed by atoms with Crippen molar-refractivity contribution in [3.8, 4) is 0 Å². The molecule has 0 fully saturated rings. The summed E-state index contributed by atoms with van der Waals surface area (Å²) in [4.78, 5) is 3.40. The van der Waals surface area contributed by atoms with Crippen LogP contribution in [-0.2, 0) is 6.18 Å². The summed E-state index contributed by atoms with van der Waals surface area (Å²) in [6.07, 6.45) is -4.64. The summed E-state index contributed by atoms with van der Waals surface area (Å²) in [5.41, 5.74) is -1.39. The largest absolute Gasteiger partial charge is 0.433 e. The molecule has 0 aliphatic carbocycles. The van der Waals surface area contributed by atoms with Gasteiger partial charge in [-0.05, 0) is 19.1 Å². The van der Waals surface area contributed by atoms with Gasteiger partial charge in [0, 0.05) is 28.7 Å². The third-order valence-electron chi connectivity index (χ3n) is 2.77. The van der Waals surface area contributed by atoms with E-state index < -0.39 is 17.7 Å². The molecule has 0 saturated carbocycles. The second-order valence-electron chi connectivity index (χ2n) is 3.99. The number of rotatable bonds is 1. The lowest BCUT2D eigenvalue weighted by molar-refractivity contribution is -0.141. The monoisotopic (exact) mass is 292 g/mol. The number of fused-ring (bicyclic) bond motifs is 1. The van der Waals surface area contributed by atoms with Gasteiger partial charge in [0.25, 0.3) is 0 Å². The second-order valence-corrected chi connectivity index (χ2v) is 4.43. The lowest BCUT2D eigenvalue weighted by Crippen LogP contribution is -2.13. The predicted octanol–water partition coefficient (Wildman–Crippen LogP) is 4.40. The molecule has 1 aromatic heterocycles. The van der Waals surface area contributed by atoms with Gasteiger partial charge in [-0.2, -0.15) is 13.2 Å². The number of anilines is 1. The van der Waals surface area contributed by atoms with Crippen molar-refractivity contribution < 1.29 is 17.6 Å². The minimum atomic E-state index is -4.64. The van der Waals surface area contributed by atoms with Crippen molar-refractivity contribution in [1.82, 2.24) is 4.98 Å². The van der Waals surface area contributed by atoms with E-state index in [0.29, 0.717) is 0 Å². The van der Waals surface area contributed by atoms with Gasteiger partial charge in [-0.3, -0.25) is 0 Å². The minimum Gasteiger partial charge on any atom is -0.387 e. The van der Waals surface area contributed by atoms with Crippen molar-refractivity contribution in [1.29, 1.82) is 0 Å². The highest BCUT2D eigenvalue weighted by Crippen LogP contribution is 2.38. The van der Waals surface area contributed by atoms with Gasteiger partial charge in [0.15, 0.2) is 5.82 Å². The van der Waals surface area contributed by atoms with Gasteiger partial charge in [0.1, 0.15) is 11.2 Å². The molecule has 2 aromatic rings. The lowest BCUT2D eigenvalue weighted by atomic mass is 10.1. The Morgan fingerprint density at radius 1 is 1.26 bits per heavy atom. The van der Waals surface area contributed by atoms with Gasteiger partial charge in [-0.1, -0.05) is 11.6 Å². The normalized spacial score (nSPS) is 11.9. The Bertz CT molecular complexity index is 652. The molecule has 0 spiro atoms. The summed E-state index contributed by atoms with van der Waals surface area (Å²) in [5, 5.41) is 2.96. The zero-order valence-corrected chi connectivity index (χ0v) is 10.7. The predicted molar refractivity (Wildman–Crippen MR) is 66.0 cm³/mol. The highest BCUT2D eigenvalue weighted by molar-refractivity contribution is 6.31. The van der Waals surface area contributed by atoms with E-state index in [4.69, 9.17) is 11.6 Å². The number of pyridine rings is 1. The Kier molecular flexibility index (Phi) is 3.30. The Balaban J connectivity index is 2.95. The van der Waals surface area contributed by atoms with Crippen molar-refractivity contribution in [3.05, 3.63) is 34.2 Å². The first-order valence-electron chi connectivity index (χ1n) is 5.30. The smallest absolute Gasteiger partial charge is 0.387 e. The topological polar surface area (TPSA) is 24.9 Å². The molecule has 2 nitrogen and oxygen atoms in total. The molecule has 0 unspecified atom stereocenters. The first-order chi connectivity index (χ1) is 8.75. The molecule has 1 N–H and O–H groups in total. The van der Waals surface area contributed by atoms with Gasteiger partial charge in [0.2, 0.25) is 0 Å². The maximum atomic E-state index is 13.7. The van der Waals surface area contributed by atoms with Crippen molar-refractivity contribution in [3.63, 3.8) is 0 Å². The van der Waals surface area contributed by atoms with E-state index in [1.165, 1.54) is 20.0 Å². The van der Waals surface area contributed by atoms with Gasteiger partial charge >= 0.3 is 6.18 Å². The summed E-state index contributed by atoms with van der Waals surface area (Å²) in [6, 6.07) is 2.32. The van der Waals surface area contributed by atoms with Gasteiger partial charge in [-0.25, -0.2) is 9.37 Å². The van der Waals surface area contributed by atoms with Crippen LogP contribution in [0.15, 0.2) is 12.1 Å². The van der Waals surface area contributed by atoms with Crippen LogP contribution >= 0.6 is 11.6 Å². The van der Waals surface area contributed by atoms with Crippen molar-refractivity contribution in [2.24, 2.45) is 0 Å². The fraction of sp³-hybridized carbons (Fsp3) is 0.250. The standard InChI is InChI=1S/C12H9ClF4N2/c1-5-9(18-2)7-3-6(13)4-8(14)10(7)19-11(5)12(15,16)17/h3-4H,1-2H3,(H,18,19). The van der Waals surface area contributed by atoms with Gasteiger partial charge in [-0.15, -0.1) is 0 Å². The first kappa shape index (κ1) is 13.9. The molecular weight excluding hydrogens is 284 g/mol. The molecule has 0 aliphatic rings. The van der Waals surface area contributed by atoms with E-state index in [1.54, 1.807) is 0 Å². The Hall–Kier alpha value is -1.56. The van der Waals surface area contributed by atoms with E-state index >= 15 is 0 Å². The van der Waals surface area contributed by atoms with E-state index in [1.807, 2.05) is 0 Å².